The number of para-hydroxylation sites is 1. The van der Waals surface area contributed by atoms with E-state index in [1.54, 1.807) is 6.07 Å². The third-order valence-corrected chi connectivity index (χ3v) is 3.52. The zero-order valence-corrected chi connectivity index (χ0v) is 12.8. The summed E-state index contributed by atoms with van der Waals surface area (Å²) in [5.74, 6) is 0.584. The van der Waals surface area contributed by atoms with Gasteiger partial charge in [0.25, 0.3) is 0 Å². The minimum Gasteiger partial charge on any atom is -0.453 e. The molecule has 2 nitrogen and oxygen atoms in total. The van der Waals surface area contributed by atoms with E-state index >= 15 is 0 Å². The van der Waals surface area contributed by atoms with Crippen molar-refractivity contribution in [2.75, 3.05) is 6.54 Å². The minimum atomic E-state index is -0.338. The lowest BCUT2D eigenvalue weighted by atomic mass is 10.2. The summed E-state index contributed by atoms with van der Waals surface area (Å²) in [6.45, 7) is 3.55. The molecule has 0 aliphatic carbocycles. The number of ether oxygens (including phenoxy) is 1. The summed E-state index contributed by atoms with van der Waals surface area (Å²) in [5, 5.41) is 3.16. The third-order valence-electron chi connectivity index (χ3n) is 2.63. The molecular formula is C15H15FINO. The lowest BCUT2D eigenvalue weighted by molar-refractivity contribution is 0.439. The fraction of sp³-hybridized carbons (Fsp3) is 0.200. The summed E-state index contributed by atoms with van der Waals surface area (Å²) in [6.07, 6.45) is 0. The van der Waals surface area contributed by atoms with E-state index in [4.69, 9.17) is 4.74 Å². The molecular weight excluding hydrogens is 356 g/mol. The number of halogens is 2. The van der Waals surface area contributed by atoms with Crippen molar-refractivity contribution >= 4 is 22.6 Å². The van der Waals surface area contributed by atoms with Crippen LogP contribution in [0.5, 0.6) is 11.5 Å². The average Bonchev–Trinajstić information content (AvgIpc) is 2.41. The van der Waals surface area contributed by atoms with Crippen LogP contribution in [0.1, 0.15) is 12.5 Å². The quantitative estimate of drug-likeness (QED) is 0.790. The van der Waals surface area contributed by atoms with Crippen LogP contribution in [0.15, 0.2) is 42.5 Å². The van der Waals surface area contributed by atoms with Gasteiger partial charge in [-0.2, -0.15) is 0 Å². The second-order valence-electron chi connectivity index (χ2n) is 4.08. The van der Waals surface area contributed by atoms with Crippen LogP contribution in [-0.2, 0) is 6.54 Å². The molecule has 0 unspecified atom stereocenters. The minimum absolute atomic E-state index is 0.254. The molecule has 2 rings (SSSR count). The summed E-state index contributed by atoms with van der Waals surface area (Å²) in [5.41, 5.74) is 0.912. The largest absolute Gasteiger partial charge is 0.453 e. The molecule has 19 heavy (non-hydrogen) atoms. The lowest BCUT2D eigenvalue weighted by Crippen LogP contribution is -2.11. The van der Waals surface area contributed by atoms with Crippen molar-refractivity contribution in [3.8, 4) is 11.5 Å². The Morgan fingerprint density at radius 3 is 2.63 bits per heavy atom. The molecule has 0 aromatic heterocycles. The molecule has 2 aromatic rings. The normalized spacial score (nSPS) is 10.5. The van der Waals surface area contributed by atoms with Gasteiger partial charge in [0.15, 0.2) is 11.6 Å². The first kappa shape index (κ1) is 14.3. The van der Waals surface area contributed by atoms with Crippen LogP contribution in [-0.4, -0.2) is 6.54 Å². The van der Waals surface area contributed by atoms with Gasteiger partial charge in [-0.15, -0.1) is 0 Å². The third kappa shape index (κ3) is 3.91. The molecule has 0 spiro atoms. The van der Waals surface area contributed by atoms with Crippen molar-refractivity contribution in [2.45, 2.75) is 13.5 Å². The van der Waals surface area contributed by atoms with Crippen LogP contribution < -0.4 is 10.1 Å². The molecule has 0 fully saturated rings. The predicted molar refractivity (Wildman–Crippen MR) is 83.0 cm³/mol. The molecule has 4 heteroatoms. The van der Waals surface area contributed by atoms with Gasteiger partial charge in [0.1, 0.15) is 5.75 Å². The monoisotopic (exact) mass is 371 g/mol. The maximum Gasteiger partial charge on any atom is 0.166 e. The lowest BCUT2D eigenvalue weighted by Gasteiger charge is -2.10. The van der Waals surface area contributed by atoms with Crippen LogP contribution in [0.4, 0.5) is 4.39 Å². The zero-order chi connectivity index (χ0) is 13.7. The number of rotatable bonds is 5. The van der Waals surface area contributed by atoms with Gasteiger partial charge in [0.05, 0.1) is 3.57 Å². The van der Waals surface area contributed by atoms with E-state index in [-0.39, 0.29) is 11.6 Å². The van der Waals surface area contributed by atoms with Crippen molar-refractivity contribution in [3.05, 3.63) is 57.4 Å². The van der Waals surface area contributed by atoms with Crippen molar-refractivity contribution in [1.29, 1.82) is 0 Å². The number of nitrogens with one attached hydrogen (secondary N) is 1. The maximum absolute atomic E-state index is 13.9. The zero-order valence-electron chi connectivity index (χ0n) is 10.6. The van der Waals surface area contributed by atoms with E-state index in [2.05, 4.69) is 27.9 Å². The highest BCUT2D eigenvalue weighted by Gasteiger charge is 2.07. The van der Waals surface area contributed by atoms with Gasteiger partial charge in [-0.25, -0.2) is 4.39 Å². The SMILES string of the molecule is CCNCc1ccc(Oc2ccccc2I)c(F)c1. The molecule has 2 aromatic carbocycles. The molecule has 0 heterocycles. The van der Waals surface area contributed by atoms with E-state index in [1.165, 1.54) is 6.07 Å². The van der Waals surface area contributed by atoms with Crippen LogP contribution in [0, 0.1) is 9.39 Å². The average molecular weight is 371 g/mol. The van der Waals surface area contributed by atoms with Gasteiger partial charge >= 0.3 is 0 Å². The Balaban J connectivity index is 2.15. The smallest absolute Gasteiger partial charge is 0.166 e. The summed E-state index contributed by atoms with van der Waals surface area (Å²) >= 11 is 2.17. The molecule has 0 saturated heterocycles. The summed E-state index contributed by atoms with van der Waals surface area (Å²) in [6, 6.07) is 12.6. The van der Waals surface area contributed by atoms with Crippen molar-refractivity contribution in [2.24, 2.45) is 0 Å². The van der Waals surface area contributed by atoms with Crippen molar-refractivity contribution in [1.82, 2.24) is 5.32 Å². The highest BCUT2D eigenvalue weighted by Crippen LogP contribution is 2.28. The first-order valence-electron chi connectivity index (χ1n) is 6.12. The summed E-state index contributed by atoms with van der Waals surface area (Å²) in [7, 11) is 0. The van der Waals surface area contributed by atoms with Crippen LogP contribution >= 0.6 is 22.6 Å². The topological polar surface area (TPSA) is 21.3 Å². The van der Waals surface area contributed by atoms with E-state index in [0.717, 1.165) is 15.7 Å². The van der Waals surface area contributed by atoms with Crippen molar-refractivity contribution in [3.63, 3.8) is 0 Å². The number of hydrogen-bond acceptors (Lipinski definition) is 2. The molecule has 0 aliphatic rings. The Hall–Kier alpha value is -1.14. The van der Waals surface area contributed by atoms with E-state index in [9.17, 15) is 4.39 Å². The predicted octanol–water partition coefficient (Wildman–Crippen LogP) is 4.33. The Morgan fingerprint density at radius 1 is 1.16 bits per heavy atom. The Labute approximate surface area is 126 Å². The number of hydrogen-bond donors (Lipinski definition) is 1. The molecule has 0 radical (unpaired) electrons. The Morgan fingerprint density at radius 2 is 1.95 bits per heavy atom. The Bertz CT molecular complexity index is 560. The van der Waals surface area contributed by atoms with Crippen LogP contribution in [0.2, 0.25) is 0 Å². The fourth-order valence-electron chi connectivity index (χ4n) is 1.65. The maximum atomic E-state index is 13.9. The number of benzene rings is 2. The fourth-order valence-corrected chi connectivity index (χ4v) is 2.15. The van der Waals surface area contributed by atoms with Crippen LogP contribution in [0.25, 0.3) is 0 Å². The van der Waals surface area contributed by atoms with Gasteiger partial charge in [0, 0.05) is 6.54 Å². The highest BCUT2D eigenvalue weighted by atomic mass is 127. The molecule has 0 bridgehead atoms. The van der Waals surface area contributed by atoms with Gasteiger partial charge in [-0.3, -0.25) is 0 Å². The first-order valence-corrected chi connectivity index (χ1v) is 7.20. The highest BCUT2D eigenvalue weighted by molar-refractivity contribution is 14.1. The van der Waals surface area contributed by atoms with Gasteiger partial charge in [0.2, 0.25) is 0 Å². The van der Waals surface area contributed by atoms with Gasteiger partial charge in [-0.05, 0) is 59.0 Å². The Kier molecular flexibility index (Phi) is 5.15. The van der Waals surface area contributed by atoms with Crippen molar-refractivity contribution < 1.29 is 9.13 Å². The first-order chi connectivity index (χ1) is 9.20. The molecule has 1 N–H and O–H groups in total. The molecule has 0 saturated carbocycles. The summed E-state index contributed by atoms with van der Waals surface area (Å²) in [4.78, 5) is 0. The molecule has 0 amide bonds. The molecule has 0 atom stereocenters. The van der Waals surface area contributed by atoms with Crippen LogP contribution in [0.3, 0.4) is 0 Å². The van der Waals surface area contributed by atoms with Gasteiger partial charge in [-0.1, -0.05) is 25.1 Å². The van der Waals surface area contributed by atoms with E-state index in [0.29, 0.717) is 12.3 Å². The van der Waals surface area contributed by atoms with E-state index < -0.39 is 0 Å². The molecule has 0 aliphatic heterocycles. The summed E-state index contributed by atoms with van der Waals surface area (Å²) < 4.78 is 20.5. The standard InChI is InChI=1S/C15H15FINO/c1-2-18-10-11-7-8-14(12(16)9-11)19-15-6-4-3-5-13(15)17/h3-9,18H,2,10H2,1H3. The van der Waals surface area contributed by atoms with E-state index in [1.807, 2.05) is 37.3 Å². The molecule has 100 valence electrons. The second-order valence-corrected chi connectivity index (χ2v) is 5.24. The second kappa shape index (κ2) is 6.86. The van der Waals surface area contributed by atoms with Gasteiger partial charge < -0.3 is 10.1 Å².